The lowest BCUT2D eigenvalue weighted by atomic mass is 10.2. The van der Waals surface area contributed by atoms with Gasteiger partial charge in [0.15, 0.2) is 0 Å². The molecule has 19 heavy (non-hydrogen) atoms. The molecular formula is C11H16N2O5S. The van der Waals surface area contributed by atoms with Gasteiger partial charge in [0.05, 0.1) is 6.54 Å². The van der Waals surface area contributed by atoms with Crippen molar-refractivity contribution in [3.63, 3.8) is 0 Å². The molecule has 2 heterocycles. The highest BCUT2D eigenvalue weighted by atomic mass is 32.2. The van der Waals surface area contributed by atoms with E-state index in [-0.39, 0.29) is 12.3 Å². The monoisotopic (exact) mass is 288 g/mol. The third-order valence-electron chi connectivity index (χ3n) is 3.10. The summed E-state index contributed by atoms with van der Waals surface area (Å²) in [4.78, 5) is 10.9. The molecule has 8 heteroatoms. The number of furan rings is 1. The molecule has 1 saturated heterocycles. The molecule has 0 amide bonds. The highest BCUT2D eigenvalue weighted by molar-refractivity contribution is 7.87. The minimum Gasteiger partial charge on any atom is -0.475 e. The second-order valence-corrected chi connectivity index (χ2v) is 6.29. The normalized spacial score (nSPS) is 19.9. The third kappa shape index (κ3) is 2.51. The molecule has 0 bridgehead atoms. The number of aromatic carboxylic acids is 1. The van der Waals surface area contributed by atoms with Gasteiger partial charge in [-0.25, -0.2) is 4.79 Å². The van der Waals surface area contributed by atoms with Gasteiger partial charge in [0.1, 0.15) is 5.76 Å². The van der Waals surface area contributed by atoms with Crippen molar-refractivity contribution in [1.29, 1.82) is 0 Å². The van der Waals surface area contributed by atoms with Crippen LogP contribution in [0.2, 0.25) is 0 Å². The standard InChI is InChI=1S/C11H16N2O5S/c1-3-12-4-5-13(19(12,16)17)7-9-6-8(2)10(18-9)11(14)15/h6H,3-5,7H2,1-2H3,(H,14,15). The minimum atomic E-state index is -3.44. The van der Waals surface area contributed by atoms with Crippen LogP contribution in [-0.2, 0) is 16.8 Å². The summed E-state index contributed by atoms with van der Waals surface area (Å²) in [6, 6.07) is 1.56. The van der Waals surface area contributed by atoms with Crippen LogP contribution in [0.15, 0.2) is 10.5 Å². The molecule has 1 fully saturated rings. The molecule has 2 rings (SSSR count). The molecule has 106 valence electrons. The summed E-state index contributed by atoms with van der Waals surface area (Å²) >= 11 is 0. The van der Waals surface area contributed by atoms with E-state index in [1.807, 2.05) is 0 Å². The van der Waals surface area contributed by atoms with Crippen LogP contribution in [0.4, 0.5) is 0 Å². The van der Waals surface area contributed by atoms with Crippen molar-refractivity contribution in [2.24, 2.45) is 0 Å². The molecule has 1 aromatic rings. The average Bonchev–Trinajstić information content (AvgIpc) is 2.81. The summed E-state index contributed by atoms with van der Waals surface area (Å²) in [6.45, 7) is 4.72. The molecule has 0 unspecified atom stereocenters. The summed E-state index contributed by atoms with van der Waals surface area (Å²) in [5.41, 5.74) is 0.492. The largest absolute Gasteiger partial charge is 0.475 e. The first-order chi connectivity index (χ1) is 8.86. The van der Waals surface area contributed by atoms with E-state index in [2.05, 4.69) is 0 Å². The van der Waals surface area contributed by atoms with E-state index >= 15 is 0 Å². The van der Waals surface area contributed by atoms with E-state index in [1.165, 1.54) is 8.61 Å². The SMILES string of the molecule is CCN1CCN(Cc2cc(C)c(C(=O)O)o2)S1(=O)=O. The molecule has 0 aromatic carbocycles. The average molecular weight is 288 g/mol. The Kier molecular flexibility index (Phi) is 3.66. The van der Waals surface area contributed by atoms with Crippen LogP contribution < -0.4 is 0 Å². The maximum atomic E-state index is 12.0. The maximum absolute atomic E-state index is 12.0. The van der Waals surface area contributed by atoms with Crippen molar-refractivity contribution in [2.45, 2.75) is 20.4 Å². The Balaban J connectivity index is 2.19. The quantitative estimate of drug-likeness (QED) is 0.879. The van der Waals surface area contributed by atoms with Crippen molar-refractivity contribution in [2.75, 3.05) is 19.6 Å². The molecule has 7 nitrogen and oxygen atoms in total. The Morgan fingerprint density at radius 2 is 2.05 bits per heavy atom. The second-order valence-electron chi connectivity index (χ2n) is 4.36. The molecule has 0 atom stereocenters. The van der Waals surface area contributed by atoms with E-state index in [9.17, 15) is 13.2 Å². The lowest BCUT2D eigenvalue weighted by Gasteiger charge is -2.15. The first-order valence-electron chi connectivity index (χ1n) is 5.94. The molecular weight excluding hydrogens is 272 g/mol. The van der Waals surface area contributed by atoms with Gasteiger partial charge in [-0.3, -0.25) is 0 Å². The van der Waals surface area contributed by atoms with E-state index in [0.717, 1.165) is 0 Å². The number of carboxylic acids is 1. The Morgan fingerprint density at radius 1 is 1.42 bits per heavy atom. The molecule has 0 aliphatic carbocycles. The van der Waals surface area contributed by atoms with Crippen molar-refractivity contribution < 1.29 is 22.7 Å². The van der Waals surface area contributed by atoms with Gasteiger partial charge in [-0.1, -0.05) is 6.92 Å². The first kappa shape index (κ1) is 14.0. The highest BCUT2D eigenvalue weighted by Crippen LogP contribution is 2.22. The maximum Gasteiger partial charge on any atom is 0.372 e. The van der Waals surface area contributed by atoms with Gasteiger partial charge in [-0.2, -0.15) is 17.0 Å². The molecule has 1 aliphatic heterocycles. The van der Waals surface area contributed by atoms with Gasteiger partial charge in [0.2, 0.25) is 5.76 Å². The molecule has 1 aliphatic rings. The fourth-order valence-corrected chi connectivity index (χ4v) is 3.68. The zero-order valence-electron chi connectivity index (χ0n) is 10.8. The van der Waals surface area contributed by atoms with E-state index in [4.69, 9.17) is 9.52 Å². The Bertz CT molecular complexity index is 592. The minimum absolute atomic E-state index is 0.0625. The highest BCUT2D eigenvalue weighted by Gasteiger charge is 2.36. The number of hydrogen-bond acceptors (Lipinski definition) is 4. The predicted molar refractivity (Wildman–Crippen MR) is 67.0 cm³/mol. The van der Waals surface area contributed by atoms with Gasteiger partial charge in [0.25, 0.3) is 10.2 Å². The topological polar surface area (TPSA) is 91.1 Å². The number of carbonyl (C=O) groups is 1. The van der Waals surface area contributed by atoms with Crippen LogP contribution in [0.5, 0.6) is 0 Å². The van der Waals surface area contributed by atoms with E-state index in [1.54, 1.807) is 19.9 Å². The number of likely N-dealkylation sites (N-methyl/N-ethyl adjacent to an activating group) is 1. The van der Waals surface area contributed by atoms with Crippen molar-refractivity contribution in [3.05, 3.63) is 23.2 Å². The summed E-state index contributed by atoms with van der Waals surface area (Å²) in [6.07, 6.45) is 0. The first-order valence-corrected chi connectivity index (χ1v) is 7.33. The summed E-state index contributed by atoms with van der Waals surface area (Å²) in [5.74, 6) is -0.946. The number of aryl methyl sites for hydroxylation is 1. The summed E-state index contributed by atoms with van der Waals surface area (Å²) < 4.78 is 31.9. The lowest BCUT2D eigenvalue weighted by Crippen LogP contribution is -2.32. The van der Waals surface area contributed by atoms with Crippen LogP contribution >= 0.6 is 0 Å². The molecule has 0 radical (unpaired) electrons. The smallest absolute Gasteiger partial charge is 0.372 e. The summed E-state index contributed by atoms with van der Waals surface area (Å²) in [5, 5.41) is 8.89. The molecule has 1 aromatic heterocycles. The second kappa shape index (κ2) is 4.95. The van der Waals surface area contributed by atoms with Crippen molar-refractivity contribution >= 4 is 16.2 Å². The van der Waals surface area contributed by atoms with Crippen LogP contribution in [0.1, 0.15) is 28.8 Å². The van der Waals surface area contributed by atoms with Gasteiger partial charge >= 0.3 is 5.97 Å². The number of rotatable bonds is 4. The Morgan fingerprint density at radius 3 is 2.53 bits per heavy atom. The number of hydrogen-bond donors (Lipinski definition) is 1. The fraction of sp³-hybridized carbons (Fsp3) is 0.545. The molecule has 1 N–H and O–H groups in total. The van der Waals surface area contributed by atoms with E-state index in [0.29, 0.717) is 31.0 Å². The van der Waals surface area contributed by atoms with Crippen molar-refractivity contribution in [3.8, 4) is 0 Å². The van der Waals surface area contributed by atoms with Crippen LogP contribution in [0.3, 0.4) is 0 Å². The van der Waals surface area contributed by atoms with Gasteiger partial charge in [-0.15, -0.1) is 0 Å². The zero-order valence-corrected chi connectivity index (χ0v) is 11.6. The molecule has 0 saturated carbocycles. The third-order valence-corrected chi connectivity index (χ3v) is 5.16. The van der Waals surface area contributed by atoms with Crippen LogP contribution in [-0.4, -0.2) is 47.7 Å². The van der Waals surface area contributed by atoms with Gasteiger partial charge in [-0.05, 0) is 13.0 Å². The Hall–Kier alpha value is -1.38. The van der Waals surface area contributed by atoms with Crippen molar-refractivity contribution in [1.82, 2.24) is 8.61 Å². The predicted octanol–water partition coefficient (Wildman–Crippen LogP) is 0.669. The zero-order chi connectivity index (χ0) is 14.2. The fourth-order valence-electron chi connectivity index (χ4n) is 2.11. The molecule has 0 spiro atoms. The van der Waals surface area contributed by atoms with E-state index < -0.39 is 16.2 Å². The summed E-state index contributed by atoms with van der Waals surface area (Å²) in [7, 11) is -3.44. The number of nitrogens with zero attached hydrogens (tertiary/aromatic N) is 2. The number of carboxylic acid groups (broad SMARTS) is 1. The van der Waals surface area contributed by atoms with Crippen LogP contribution in [0.25, 0.3) is 0 Å². The lowest BCUT2D eigenvalue weighted by molar-refractivity contribution is 0.0658. The van der Waals surface area contributed by atoms with Gasteiger partial charge in [0, 0.05) is 25.2 Å². The van der Waals surface area contributed by atoms with Crippen LogP contribution in [0, 0.1) is 6.92 Å². The van der Waals surface area contributed by atoms with Gasteiger partial charge < -0.3 is 9.52 Å². The Labute approximate surface area is 111 Å².